The molecule has 0 aromatic carbocycles. The van der Waals surface area contributed by atoms with Crippen LogP contribution in [0.4, 0.5) is 19.0 Å². The maximum absolute atomic E-state index is 11.7. The molecule has 1 aromatic heterocycles. The molecular formula is C8H7F3N4O2. The molecule has 0 radical (unpaired) electrons. The zero-order chi connectivity index (χ0) is 12.9. The minimum Gasteiger partial charge on any atom is -0.362 e. The quantitative estimate of drug-likeness (QED) is 0.824. The van der Waals surface area contributed by atoms with Gasteiger partial charge in [-0.15, -0.1) is 0 Å². The molecule has 9 heteroatoms. The second-order valence-electron chi connectivity index (χ2n) is 2.93. The molecule has 0 spiro atoms. The number of rotatable bonds is 4. The molecular weight excluding hydrogens is 241 g/mol. The van der Waals surface area contributed by atoms with Crippen LogP contribution in [0.2, 0.25) is 0 Å². The number of nitriles is 1. The van der Waals surface area contributed by atoms with Crippen LogP contribution in [-0.4, -0.2) is 35.5 Å². The van der Waals surface area contributed by atoms with Gasteiger partial charge in [-0.2, -0.15) is 23.5 Å². The van der Waals surface area contributed by atoms with Gasteiger partial charge in [0.25, 0.3) is 5.91 Å². The molecule has 6 nitrogen and oxygen atoms in total. The lowest BCUT2D eigenvalue weighted by Gasteiger charge is -2.07. The van der Waals surface area contributed by atoms with E-state index in [2.05, 4.69) is 20.3 Å². The van der Waals surface area contributed by atoms with Crippen LogP contribution >= 0.6 is 0 Å². The Morgan fingerprint density at radius 2 is 2.35 bits per heavy atom. The summed E-state index contributed by atoms with van der Waals surface area (Å²) in [5.74, 6) is -0.789. The highest BCUT2D eigenvalue weighted by Crippen LogP contribution is 2.14. The lowest BCUT2D eigenvalue weighted by Crippen LogP contribution is -2.24. The minimum atomic E-state index is -4.48. The molecule has 0 atom stereocenters. The van der Waals surface area contributed by atoms with Crippen molar-refractivity contribution in [1.82, 2.24) is 10.2 Å². The first-order valence-electron chi connectivity index (χ1n) is 4.30. The Bertz CT molecular complexity index is 435. The summed E-state index contributed by atoms with van der Waals surface area (Å²) in [4.78, 5) is 11.1. The fourth-order valence-electron chi connectivity index (χ4n) is 0.901. The molecule has 0 saturated carbocycles. The van der Waals surface area contributed by atoms with Gasteiger partial charge < -0.3 is 10.1 Å². The third-order valence-corrected chi connectivity index (χ3v) is 1.52. The molecule has 0 fully saturated rings. The van der Waals surface area contributed by atoms with Gasteiger partial charge in [-0.05, 0) is 0 Å². The largest absolute Gasteiger partial charge is 0.411 e. The van der Waals surface area contributed by atoms with E-state index >= 15 is 0 Å². The van der Waals surface area contributed by atoms with Crippen molar-refractivity contribution in [3.8, 4) is 6.07 Å². The predicted molar refractivity (Wildman–Crippen MR) is 48.8 cm³/mol. The van der Waals surface area contributed by atoms with Gasteiger partial charge in [0, 0.05) is 0 Å². The maximum Gasteiger partial charge on any atom is 0.411 e. The number of nitrogens with one attached hydrogen (secondary N) is 2. The maximum atomic E-state index is 11.7. The van der Waals surface area contributed by atoms with Gasteiger partial charge in [0.1, 0.15) is 30.7 Å². The monoisotopic (exact) mass is 248 g/mol. The van der Waals surface area contributed by atoms with Crippen LogP contribution in [0.15, 0.2) is 6.20 Å². The van der Waals surface area contributed by atoms with Gasteiger partial charge in [-0.25, -0.2) is 0 Å². The van der Waals surface area contributed by atoms with E-state index in [1.807, 2.05) is 0 Å². The molecule has 0 saturated heterocycles. The molecule has 0 aliphatic rings. The Hall–Kier alpha value is -2.08. The third-order valence-electron chi connectivity index (χ3n) is 1.52. The Labute approximate surface area is 93.4 Å². The molecule has 0 unspecified atom stereocenters. The van der Waals surface area contributed by atoms with Crippen molar-refractivity contribution < 1.29 is 22.7 Å². The number of amides is 1. The van der Waals surface area contributed by atoms with Gasteiger partial charge in [0.2, 0.25) is 0 Å². The summed E-state index contributed by atoms with van der Waals surface area (Å²) in [6.07, 6.45) is -3.31. The highest BCUT2D eigenvalue weighted by atomic mass is 19.4. The minimum absolute atomic E-state index is 0.0214. The van der Waals surface area contributed by atoms with E-state index in [0.717, 1.165) is 0 Å². The number of carbonyl (C=O) groups excluding carboxylic acids is 1. The molecule has 0 bridgehead atoms. The molecule has 0 aliphatic carbocycles. The standard InChI is InChI=1S/C8H7F3N4O2/c9-8(10,11)4-17-3-6(16)14-7-5(1-12)2-13-15-7/h2H,3-4H2,(H2,13,14,15,16). The van der Waals surface area contributed by atoms with Crippen molar-refractivity contribution in [2.45, 2.75) is 6.18 Å². The number of H-pyrrole nitrogens is 1. The Balaban J connectivity index is 2.38. The molecule has 92 valence electrons. The Kier molecular flexibility index (Phi) is 4.06. The predicted octanol–water partition coefficient (Wildman–Crippen LogP) is 0.799. The average Bonchev–Trinajstić information content (AvgIpc) is 2.63. The number of hydrogen-bond acceptors (Lipinski definition) is 4. The van der Waals surface area contributed by atoms with Crippen molar-refractivity contribution in [2.24, 2.45) is 0 Å². The summed E-state index contributed by atoms with van der Waals surface area (Å²) in [6, 6.07) is 1.73. The number of hydrogen-bond donors (Lipinski definition) is 2. The average molecular weight is 248 g/mol. The smallest absolute Gasteiger partial charge is 0.362 e. The fourth-order valence-corrected chi connectivity index (χ4v) is 0.901. The number of ether oxygens (including phenoxy) is 1. The first kappa shape index (κ1) is 13.0. The lowest BCUT2D eigenvalue weighted by molar-refractivity contribution is -0.174. The van der Waals surface area contributed by atoms with Crippen molar-refractivity contribution in [1.29, 1.82) is 5.26 Å². The summed E-state index contributed by atoms with van der Waals surface area (Å²) < 4.78 is 39.2. The van der Waals surface area contributed by atoms with Crippen molar-refractivity contribution in [3.63, 3.8) is 0 Å². The topological polar surface area (TPSA) is 90.8 Å². The Morgan fingerprint density at radius 3 is 2.94 bits per heavy atom. The van der Waals surface area contributed by atoms with E-state index in [9.17, 15) is 18.0 Å². The summed E-state index contributed by atoms with van der Waals surface area (Å²) in [6.45, 7) is -2.27. The molecule has 2 N–H and O–H groups in total. The van der Waals surface area contributed by atoms with E-state index < -0.39 is 25.3 Å². The first-order valence-corrected chi connectivity index (χ1v) is 4.30. The highest BCUT2D eigenvalue weighted by molar-refractivity contribution is 5.91. The van der Waals surface area contributed by atoms with Crippen LogP contribution in [0.3, 0.4) is 0 Å². The fraction of sp³-hybridized carbons (Fsp3) is 0.375. The van der Waals surface area contributed by atoms with Crippen molar-refractivity contribution in [3.05, 3.63) is 11.8 Å². The van der Waals surface area contributed by atoms with Crippen LogP contribution in [0.1, 0.15) is 5.56 Å². The highest BCUT2D eigenvalue weighted by Gasteiger charge is 2.27. The van der Waals surface area contributed by atoms with Gasteiger partial charge >= 0.3 is 6.18 Å². The van der Waals surface area contributed by atoms with E-state index in [-0.39, 0.29) is 11.4 Å². The van der Waals surface area contributed by atoms with Crippen LogP contribution in [0.5, 0.6) is 0 Å². The normalized spacial score (nSPS) is 10.9. The zero-order valence-electron chi connectivity index (χ0n) is 8.34. The van der Waals surface area contributed by atoms with Crippen LogP contribution in [0, 0.1) is 11.3 Å². The number of anilines is 1. The van der Waals surface area contributed by atoms with E-state index in [1.54, 1.807) is 6.07 Å². The first-order chi connectivity index (χ1) is 7.92. The van der Waals surface area contributed by atoms with E-state index in [4.69, 9.17) is 5.26 Å². The van der Waals surface area contributed by atoms with Crippen LogP contribution in [-0.2, 0) is 9.53 Å². The molecule has 1 aromatic rings. The number of halogens is 3. The molecule has 1 amide bonds. The summed E-state index contributed by atoms with van der Waals surface area (Å²) in [5, 5.41) is 16.5. The Morgan fingerprint density at radius 1 is 1.65 bits per heavy atom. The van der Waals surface area contributed by atoms with Crippen molar-refractivity contribution >= 4 is 11.7 Å². The number of alkyl halides is 3. The van der Waals surface area contributed by atoms with E-state index in [1.165, 1.54) is 6.20 Å². The van der Waals surface area contributed by atoms with Gasteiger partial charge in [-0.3, -0.25) is 9.89 Å². The van der Waals surface area contributed by atoms with Gasteiger partial charge in [-0.1, -0.05) is 0 Å². The molecule has 1 rings (SSSR count). The third kappa shape index (κ3) is 4.52. The number of nitrogens with zero attached hydrogens (tertiary/aromatic N) is 2. The van der Waals surface area contributed by atoms with Gasteiger partial charge in [0.15, 0.2) is 0 Å². The van der Waals surface area contributed by atoms with Crippen molar-refractivity contribution in [2.75, 3.05) is 18.5 Å². The summed E-state index contributed by atoms with van der Waals surface area (Å²) in [5.41, 5.74) is 0.0779. The second kappa shape index (κ2) is 5.31. The number of aromatic amines is 1. The summed E-state index contributed by atoms with van der Waals surface area (Å²) in [7, 11) is 0. The zero-order valence-corrected chi connectivity index (χ0v) is 8.34. The number of carbonyl (C=O) groups is 1. The van der Waals surface area contributed by atoms with Crippen LogP contribution < -0.4 is 5.32 Å². The van der Waals surface area contributed by atoms with E-state index in [0.29, 0.717) is 0 Å². The van der Waals surface area contributed by atoms with Crippen LogP contribution in [0.25, 0.3) is 0 Å². The lowest BCUT2D eigenvalue weighted by atomic mass is 10.3. The van der Waals surface area contributed by atoms with Gasteiger partial charge in [0.05, 0.1) is 6.20 Å². The molecule has 0 aliphatic heterocycles. The molecule has 17 heavy (non-hydrogen) atoms. The second-order valence-corrected chi connectivity index (χ2v) is 2.93. The SMILES string of the molecule is N#Cc1cn[nH]c1NC(=O)COCC(F)(F)F. The molecule has 1 heterocycles. The summed E-state index contributed by atoms with van der Waals surface area (Å²) >= 11 is 0. The number of aromatic nitrogens is 2.